The third-order valence-corrected chi connectivity index (χ3v) is 7.36. The summed E-state index contributed by atoms with van der Waals surface area (Å²) in [6.45, 7) is 0. The molecule has 0 saturated heterocycles. The smallest absolute Gasteiger partial charge is 0.159 e. The molecule has 2 saturated carbocycles. The van der Waals surface area contributed by atoms with Crippen molar-refractivity contribution in [2.24, 2.45) is 16.9 Å². The van der Waals surface area contributed by atoms with Gasteiger partial charge >= 0.3 is 0 Å². The number of rotatable bonds is 3. The highest BCUT2D eigenvalue weighted by atomic mass is 35.5. The fourth-order valence-corrected chi connectivity index (χ4v) is 5.09. The van der Waals surface area contributed by atoms with Gasteiger partial charge in [0.1, 0.15) is 5.65 Å². The van der Waals surface area contributed by atoms with Gasteiger partial charge in [0.15, 0.2) is 5.65 Å². The van der Waals surface area contributed by atoms with Gasteiger partial charge in [-0.25, -0.2) is 15.0 Å². The highest BCUT2D eigenvalue weighted by Gasteiger charge is 2.27. The number of halogens is 1. The van der Waals surface area contributed by atoms with Gasteiger partial charge in [0.2, 0.25) is 0 Å². The van der Waals surface area contributed by atoms with E-state index in [1.165, 1.54) is 36.8 Å². The molecule has 33 heavy (non-hydrogen) atoms. The average molecular weight is 461 g/mol. The van der Waals surface area contributed by atoms with E-state index < -0.39 is 0 Å². The van der Waals surface area contributed by atoms with Gasteiger partial charge in [0.05, 0.1) is 22.4 Å². The van der Waals surface area contributed by atoms with Crippen LogP contribution >= 0.6 is 11.6 Å². The van der Waals surface area contributed by atoms with Crippen molar-refractivity contribution in [1.82, 2.24) is 30.1 Å². The van der Waals surface area contributed by atoms with Crippen LogP contribution in [0, 0.1) is 5.92 Å². The first-order chi connectivity index (χ1) is 16.2. The molecule has 5 aromatic rings. The summed E-state index contributed by atoms with van der Waals surface area (Å²) in [5.41, 5.74) is 5.94. The maximum atomic E-state index is 6.25. The second-order valence-corrected chi connectivity index (χ2v) is 9.29. The molecule has 5 aromatic heterocycles. The van der Waals surface area contributed by atoms with E-state index in [-0.39, 0.29) is 0 Å². The van der Waals surface area contributed by atoms with Crippen LogP contribution < -0.4 is 5.84 Å². The molecular formula is C24H25ClN8. The van der Waals surface area contributed by atoms with E-state index in [2.05, 4.69) is 41.3 Å². The Labute approximate surface area is 195 Å². The van der Waals surface area contributed by atoms with Crippen molar-refractivity contribution in [3.63, 3.8) is 0 Å². The summed E-state index contributed by atoms with van der Waals surface area (Å²) in [5.74, 6) is 6.67. The molecule has 5 heterocycles. The van der Waals surface area contributed by atoms with Crippen molar-refractivity contribution < 1.29 is 0 Å². The van der Waals surface area contributed by atoms with Gasteiger partial charge in [0, 0.05) is 57.8 Å². The number of hydrogen-bond donors (Lipinski definition) is 4. The van der Waals surface area contributed by atoms with E-state index in [4.69, 9.17) is 17.4 Å². The molecule has 0 amide bonds. The Morgan fingerprint density at radius 2 is 1.85 bits per heavy atom. The standard InChI is InChI=1S/C12H13ClN4.C12H12N4/c13-9-6-16-12-8(4-5-15-12)10(9)11(17-14)7-2-1-3-7;1-2-7(3-1)11-10-8-4-5-13-12(8)14-6-9(10)15-16-11/h4-7H,1-3,14H2,(H,15,16);4-7,15-16H,1-3H2/b17-11+;. The zero-order valence-corrected chi connectivity index (χ0v) is 18.9. The summed E-state index contributed by atoms with van der Waals surface area (Å²) in [5, 5.41) is 14.5. The van der Waals surface area contributed by atoms with Crippen LogP contribution in [0.15, 0.2) is 42.0 Å². The highest BCUT2D eigenvalue weighted by molar-refractivity contribution is 6.36. The maximum Gasteiger partial charge on any atom is 0.159 e. The van der Waals surface area contributed by atoms with Gasteiger partial charge in [-0.3, -0.25) is 5.10 Å². The summed E-state index contributed by atoms with van der Waals surface area (Å²) in [7, 11) is 0. The SMILES string of the molecule is N/N=C(/c1c(Cl)cnc2[nH]ccc12)C1CCC1.c1cc2c(n1)ncc1[nH][nH]c(C3CCC3)c12. The molecule has 7 rings (SSSR count). The quantitative estimate of drug-likeness (QED) is 0.164. The van der Waals surface area contributed by atoms with Crippen molar-refractivity contribution in [3.05, 3.63) is 53.2 Å². The normalized spacial score (nSPS) is 17.2. The van der Waals surface area contributed by atoms with Crippen molar-refractivity contribution >= 4 is 50.3 Å². The number of nitrogens with two attached hydrogens (primary N) is 1. The Bertz CT molecular complexity index is 1470. The predicted octanol–water partition coefficient (Wildman–Crippen LogP) is 5.39. The molecule has 2 aliphatic carbocycles. The third kappa shape index (κ3) is 3.36. The predicted molar refractivity (Wildman–Crippen MR) is 132 cm³/mol. The summed E-state index contributed by atoms with van der Waals surface area (Å²) >= 11 is 6.25. The summed E-state index contributed by atoms with van der Waals surface area (Å²) in [6.07, 6.45) is 14.6. The van der Waals surface area contributed by atoms with Crippen LogP contribution in [0.5, 0.6) is 0 Å². The number of H-pyrrole nitrogens is 3. The van der Waals surface area contributed by atoms with Gasteiger partial charge in [0.25, 0.3) is 0 Å². The number of hydrogen-bond acceptors (Lipinski definition) is 5. The van der Waals surface area contributed by atoms with Crippen LogP contribution in [0.4, 0.5) is 0 Å². The second kappa shape index (κ2) is 8.19. The summed E-state index contributed by atoms with van der Waals surface area (Å²) < 4.78 is 0. The van der Waals surface area contributed by atoms with E-state index in [1.54, 1.807) is 6.20 Å². The zero-order chi connectivity index (χ0) is 22.4. The number of pyridine rings is 2. The number of hydrazone groups is 1. The van der Waals surface area contributed by atoms with E-state index in [1.807, 2.05) is 24.7 Å². The number of aromatic amines is 3. The fraction of sp³-hybridized carbons (Fsp3) is 0.333. The third-order valence-electron chi connectivity index (χ3n) is 7.08. The Hall–Kier alpha value is -3.39. The fourth-order valence-electron chi connectivity index (χ4n) is 4.84. The number of nitrogens with zero attached hydrogens (tertiary/aromatic N) is 4. The molecule has 8 nitrogen and oxygen atoms in total. The van der Waals surface area contributed by atoms with Crippen LogP contribution in [-0.4, -0.2) is 35.8 Å². The van der Waals surface area contributed by atoms with Crippen LogP contribution in [0.3, 0.4) is 0 Å². The molecule has 2 fully saturated rings. The van der Waals surface area contributed by atoms with E-state index in [0.29, 0.717) is 16.9 Å². The Morgan fingerprint density at radius 1 is 1.00 bits per heavy atom. The molecule has 0 radical (unpaired) electrons. The summed E-state index contributed by atoms with van der Waals surface area (Å²) in [4.78, 5) is 15.9. The molecule has 0 aromatic carbocycles. The molecule has 0 spiro atoms. The first kappa shape index (κ1) is 20.2. The van der Waals surface area contributed by atoms with Gasteiger partial charge in [-0.05, 0) is 37.8 Å². The zero-order valence-electron chi connectivity index (χ0n) is 18.1. The largest absolute Gasteiger partial charge is 0.346 e. The van der Waals surface area contributed by atoms with E-state index in [9.17, 15) is 0 Å². The Morgan fingerprint density at radius 3 is 2.58 bits per heavy atom. The van der Waals surface area contributed by atoms with Crippen LogP contribution in [-0.2, 0) is 0 Å². The minimum atomic E-state index is 0.443. The van der Waals surface area contributed by atoms with Crippen LogP contribution in [0.1, 0.15) is 55.7 Å². The van der Waals surface area contributed by atoms with Crippen molar-refractivity contribution in [1.29, 1.82) is 0 Å². The molecule has 9 heteroatoms. The Kier molecular flexibility index (Phi) is 5.02. The average Bonchev–Trinajstić information content (AvgIpc) is 3.49. The number of nitrogens with one attached hydrogen (secondary N) is 3. The van der Waals surface area contributed by atoms with E-state index in [0.717, 1.165) is 51.7 Å². The number of fused-ring (bicyclic) bond motifs is 4. The number of aromatic nitrogens is 6. The monoisotopic (exact) mass is 460 g/mol. The van der Waals surface area contributed by atoms with Gasteiger partial charge < -0.3 is 15.9 Å². The van der Waals surface area contributed by atoms with Gasteiger partial charge in [-0.15, -0.1) is 0 Å². The molecule has 0 aliphatic heterocycles. The van der Waals surface area contributed by atoms with Crippen LogP contribution in [0.2, 0.25) is 5.02 Å². The van der Waals surface area contributed by atoms with Crippen LogP contribution in [0.25, 0.3) is 33.0 Å². The molecule has 5 N–H and O–H groups in total. The minimum Gasteiger partial charge on any atom is -0.346 e. The molecule has 0 atom stereocenters. The van der Waals surface area contributed by atoms with E-state index >= 15 is 0 Å². The molecular weight excluding hydrogens is 436 g/mol. The lowest BCUT2D eigenvalue weighted by molar-refractivity contribution is 0.413. The molecule has 168 valence electrons. The molecule has 0 bridgehead atoms. The first-order valence-electron chi connectivity index (χ1n) is 11.4. The van der Waals surface area contributed by atoms with Crippen molar-refractivity contribution in [2.45, 2.75) is 44.4 Å². The molecule has 2 aliphatic rings. The maximum absolute atomic E-state index is 6.25. The topological polar surface area (TPSA) is 124 Å². The lowest BCUT2D eigenvalue weighted by Gasteiger charge is -2.27. The lowest BCUT2D eigenvalue weighted by atomic mass is 9.79. The first-order valence-corrected chi connectivity index (χ1v) is 11.8. The minimum absolute atomic E-state index is 0.443. The molecule has 0 unspecified atom stereocenters. The van der Waals surface area contributed by atoms with Crippen molar-refractivity contribution in [2.75, 3.05) is 0 Å². The lowest BCUT2D eigenvalue weighted by Crippen LogP contribution is -2.24. The van der Waals surface area contributed by atoms with Gasteiger partial charge in [-0.1, -0.05) is 24.4 Å². The Balaban J connectivity index is 0.000000125. The van der Waals surface area contributed by atoms with Gasteiger partial charge in [-0.2, -0.15) is 5.10 Å². The highest BCUT2D eigenvalue weighted by Crippen LogP contribution is 2.40. The second-order valence-electron chi connectivity index (χ2n) is 8.88. The summed E-state index contributed by atoms with van der Waals surface area (Å²) in [6, 6.07) is 4.02. The van der Waals surface area contributed by atoms with Crippen molar-refractivity contribution in [3.8, 4) is 0 Å².